The normalized spacial score (nSPS) is 16.7. The zero-order valence-corrected chi connectivity index (χ0v) is 11.2. The first-order valence-electron chi connectivity index (χ1n) is 6.04. The SMILES string of the molecule is CC(C)CCS(=O)(=O)N(CCC(=O)O)C1CC1. The fourth-order valence-corrected chi connectivity index (χ4v) is 3.66. The smallest absolute Gasteiger partial charge is 0.304 e. The second kappa shape index (κ2) is 5.82. The van der Waals surface area contributed by atoms with Gasteiger partial charge in [-0.05, 0) is 25.2 Å². The van der Waals surface area contributed by atoms with Crippen LogP contribution in [0.4, 0.5) is 0 Å². The Morgan fingerprint density at radius 2 is 2.00 bits per heavy atom. The van der Waals surface area contributed by atoms with Gasteiger partial charge in [0, 0.05) is 12.6 Å². The van der Waals surface area contributed by atoms with Crippen LogP contribution in [0.2, 0.25) is 0 Å². The molecular formula is C11H21NO4S. The average molecular weight is 263 g/mol. The monoisotopic (exact) mass is 263 g/mol. The highest BCUT2D eigenvalue weighted by atomic mass is 32.2. The number of carbonyl (C=O) groups is 1. The molecule has 0 heterocycles. The summed E-state index contributed by atoms with van der Waals surface area (Å²) in [4.78, 5) is 10.5. The molecular weight excluding hydrogens is 242 g/mol. The summed E-state index contributed by atoms with van der Waals surface area (Å²) in [6, 6.07) is 0.0477. The third kappa shape index (κ3) is 5.04. The zero-order valence-electron chi connectivity index (χ0n) is 10.4. The van der Waals surface area contributed by atoms with Crippen molar-refractivity contribution in [2.75, 3.05) is 12.3 Å². The molecule has 0 aromatic carbocycles. The van der Waals surface area contributed by atoms with E-state index in [1.54, 1.807) is 0 Å². The van der Waals surface area contributed by atoms with Crippen LogP contribution in [0.15, 0.2) is 0 Å². The van der Waals surface area contributed by atoms with Gasteiger partial charge in [-0.15, -0.1) is 0 Å². The van der Waals surface area contributed by atoms with Gasteiger partial charge >= 0.3 is 5.97 Å². The molecule has 1 aliphatic carbocycles. The van der Waals surface area contributed by atoms with Crippen molar-refractivity contribution in [1.29, 1.82) is 0 Å². The third-order valence-corrected chi connectivity index (χ3v) is 4.76. The molecule has 17 heavy (non-hydrogen) atoms. The number of rotatable bonds is 8. The summed E-state index contributed by atoms with van der Waals surface area (Å²) >= 11 is 0. The molecule has 0 spiro atoms. The summed E-state index contributed by atoms with van der Waals surface area (Å²) in [7, 11) is -3.28. The molecule has 0 aromatic heterocycles. The Bertz CT molecular complexity index is 360. The van der Waals surface area contributed by atoms with Crippen LogP contribution in [0.25, 0.3) is 0 Å². The summed E-state index contributed by atoms with van der Waals surface area (Å²) in [6.07, 6.45) is 2.23. The Labute approximate surface area is 103 Å². The minimum Gasteiger partial charge on any atom is -0.481 e. The standard InChI is InChI=1S/C11H21NO4S/c1-9(2)6-8-17(15,16)12(10-3-4-10)7-5-11(13)14/h9-10H,3-8H2,1-2H3,(H,13,14). The Balaban J connectivity index is 2.58. The third-order valence-electron chi connectivity index (χ3n) is 2.81. The van der Waals surface area contributed by atoms with Gasteiger partial charge < -0.3 is 5.11 Å². The molecule has 0 saturated heterocycles. The van der Waals surface area contributed by atoms with Crippen LogP contribution in [0, 0.1) is 5.92 Å². The van der Waals surface area contributed by atoms with E-state index in [9.17, 15) is 13.2 Å². The number of hydrogen-bond acceptors (Lipinski definition) is 3. The van der Waals surface area contributed by atoms with E-state index in [-0.39, 0.29) is 24.8 Å². The number of sulfonamides is 1. The highest BCUT2D eigenvalue weighted by Crippen LogP contribution is 2.30. The molecule has 0 atom stereocenters. The van der Waals surface area contributed by atoms with Crippen molar-refractivity contribution in [3.05, 3.63) is 0 Å². The Kier molecular flexibility index (Phi) is 4.94. The van der Waals surface area contributed by atoms with Gasteiger partial charge in [-0.25, -0.2) is 8.42 Å². The molecule has 1 rings (SSSR count). The van der Waals surface area contributed by atoms with Crippen molar-refractivity contribution >= 4 is 16.0 Å². The summed E-state index contributed by atoms with van der Waals surface area (Å²) in [5.74, 6) is -0.485. The maximum atomic E-state index is 12.1. The van der Waals surface area contributed by atoms with Gasteiger partial charge in [0.2, 0.25) is 10.0 Å². The van der Waals surface area contributed by atoms with E-state index < -0.39 is 16.0 Å². The van der Waals surface area contributed by atoms with Gasteiger partial charge in [0.1, 0.15) is 0 Å². The predicted octanol–water partition coefficient (Wildman–Crippen LogP) is 1.30. The summed E-state index contributed by atoms with van der Waals surface area (Å²) in [5, 5.41) is 8.63. The lowest BCUT2D eigenvalue weighted by atomic mass is 10.2. The fourth-order valence-electron chi connectivity index (χ4n) is 1.62. The van der Waals surface area contributed by atoms with Crippen molar-refractivity contribution < 1.29 is 18.3 Å². The molecule has 1 saturated carbocycles. The van der Waals surface area contributed by atoms with Gasteiger partial charge in [-0.1, -0.05) is 13.8 Å². The lowest BCUT2D eigenvalue weighted by Gasteiger charge is -2.21. The predicted molar refractivity (Wildman–Crippen MR) is 65.2 cm³/mol. The van der Waals surface area contributed by atoms with Crippen molar-refractivity contribution in [2.45, 2.75) is 45.6 Å². The molecule has 1 aliphatic rings. The summed E-state index contributed by atoms with van der Waals surface area (Å²) < 4.78 is 25.5. The molecule has 1 N–H and O–H groups in total. The quantitative estimate of drug-likeness (QED) is 0.716. The minimum absolute atomic E-state index is 0.0477. The van der Waals surface area contributed by atoms with E-state index in [1.807, 2.05) is 13.8 Å². The Morgan fingerprint density at radius 1 is 1.41 bits per heavy atom. The summed E-state index contributed by atoms with van der Waals surface area (Å²) in [5.41, 5.74) is 0. The molecule has 0 unspecified atom stereocenters. The second-order valence-electron chi connectivity index (χ2n) is 4.98. The first kappa shape index (κ1) is 14.4. The maximum Gasteiger partial charge on any atom is 0.304 e. The van der Waals surface area contributed by atoms with Gasteiger partial charge in [0.25, 0.3) is 0 Å². The first-order chi connectivity index (χ1) is 7.83. The molecule has 1 fully saturated rings. The van der Waals surface area contributed by atoms with Crippen LogP contribution >= 0.6 is 0 Å². The van der Waals surface area contributed by atoms with Crippen LogP contribution in [0.1, 0.15) is 39.5 Å². The van der Waals surface area contributed by atoms with E-state index in [4.69, 9.17) is 5.11 Å². The molecule has 0 aliphatic heterocycles. The van der Waals surface area contributed by atoms with Crippen LogP contribution in [0.5, 0.6) is 0 Å². The minimum atomic E-state index is -3.28. The van der Waals surface area contributed by atoms with Gasteiger partial charge in [0.15, 0.2) is 0 Å². The van der Waals surface area contributed by atoms with Crippen molar-refractivity contribution in [3.63, 3.8) is 0 Å². The number of carboxylic acids is 1. The van der Waals surface area contributed by atoms with E-state index in [1.165, 1.54) is 4.31 Å². The first-order valence-corrected chi connectivity index (χ1v) is 7.65. The van der Waals surface area contributed by atoms with Gasteiger partial charge in [0.05, 0.1) is 12.2 Å². The van der Waals surface area contributed by atoms with Crippen molar-refractivity contribution in [1.82, 2.24) is 4.31 Å². The van der Waals surface area contributed by atoms with E-state index in [0.29, 0.717) is 12.3 Å². The molecule has 0 bridgehead atoms. The Hall–Kier alpha value is -0.620. The molecule has 100 valence electrons. The van der Waals surface area contributed by atoms with E-state index in [0.717, 1.165) is 12.8 Å². The van der Waals surface area contributed by atoms with Crippen LogP contribution in [0.3, 0.4) is 0 Å². The molecule has 0 amide bonds. The number of nitrogens with zero attached hydrogens (tertiary/aromatic N) is 1. The largest absolute Gasteiger partial charge is 0.481 e. The van der Waals surface area contributed by atoms with Crippen molar-refractivity contribution in [2.24, 2.45) is 5.92 Å². The zero-order chi connectivity index (χ0) is 13.1. The lowest BCUT2D eigenvalue weighted by molar-refractivity contribution is -0.137. The molecule has 6 heteroatoms. The Morgan fingerprint density at radius 3 is 2.41 bits per heavy atom. The highest BCUT2D eigenvalue weighted by molar-refractivity contribution is 7.89. The van der Waals surface area contributed by atoms with Crippen LogP contribution in [-0.4, -0.2) is 42.1 Å². The van der Waals surface area contributed by atoms with E-state index in [2.05, 4.69) is 0 Å². The summed E-state index contributed by atoms with van der Waals surface area (Å²) in [6.45, 7) is 4.07. The molecule has 5 nitrogen and oxygen atoms in total. The second-order valence-corrected chi connectivity index (χ2v) is 7.03. The van der Waals surface area contributed by atoms with E-state index >= 15 is 0 Å². The average Bonchev–Trinajstić information content (AvgIpc) is 2.98. The molecule has 0 aromatic rings. The maximum absolute atomic E-state index is 12.1. The fraction of sp³-hybridized carbons (Fsp3) is 0.909. The van der Waals surface area contributed by atoms with Crippen LogP contribution < -0.4 is 0 Å². The number of aliphatic carboxylic acids is 1. The number of carboxylic acid groups (broad SMARTS) is 1. The lowest BCUT2D eigenvalue weighted by Crippen LogP contribution is -2.36. The van der Waals surface area contributed by atoms with Crippen LogP contribution in [-0.2, 0) is 14.8 Å². The van der Waals surface area contributed by atoms with Crippen molar-refractivity contribution in [3.8, 4) is 0 Å². The topological polar surface area (TPSA) is 74.7 Å². The van der Waals surface area contributed by atoms with Gasteiger partial charge in [-0.3, -0.25) is 4.79 Å². The van der Waals surface area contributed by atoms with Gasteiger partial charge in [-0.2, -0.15) is 4.31 Å². The highest BCUT2D eigenvalue weighted by Gasteiger charge is 2.36. The molecule has 0 radical (unpaired) electrons. The number of hydrogen-bond donors (Lipinski definition) is 1.